The normalized spacial score (nSPS) is 19.9. The second-order valence-electron chi connectivity index (χ2n) is 7.00. The summed E-state index contributed by atoms with van der Waals surface area (Å²) in [4.78, 5) is 22.4. The maximum absolute atomic E-state index is 12.5. The van der Waals surface area contributed by atoms with Gasteiger partial charge in [0.25, 0.3) is 0 Å². The summed E-state index contributed by atoms with van der Waals surface area (Å²) in [6, 6.07) is 7.60. The van der Waals surface area contributed by atoms with Crippen LogP contribution in [-0.4, -0.2) is 60.3 Å². The van der Waals surface area contributed by atoms with Gasteiger partial charge in [0.1, 0.15) is 5.82 Å². The van der Waals surface area contributed by atoms with Crippen LogP contribution in [0.1, 0.15) is 32.1 Å². The van der Waals surface area contributed by atoms with Gasteiger partial charge in [-0.15, -0.1) is 0 Å². The Labute approximate surface area is 154 Å². The smallest absolute Gasteiger partial charge is 0.234 e. The molecular weight excluding hydrogens is 352 g/mol. The molecule has 26 heavy (non-hydrogen) atoms. The van der Waals surface area contributed by atoms with E-state index in [0.717, 1.165) is 23.3 Å². The summed E-state index contributed by atoms with van der Waals surface area (Å²) in [5.74, 6) is 1.13. The van der Waals surface area contributed by atoms with Crippen LogP contribution in [0.3, 0.4) is 0 Å². The zero-order valence-corrected chi connectivity index (χ0v) is 16.1. The second kappa shape index (κ2) is 7.75. The van der Waals surface area contributed by atoms with E-state index in [1.807, 2.05) is 29.2 Å². The van der Waals surface area contributed by atoms with Crippen molar-refractivity contribution in [2.24, 2.45) is 5.92 Å². The maximum atomic E-state index is 12.5. The largest absolute Gasteiger partial charge is 0.345 e. The number of para-hydroxylation sites is 2. The first kappa shape index (κ1) is 18.8. The van der Waals surface area contributed by atoms with E-state index >= 15 is 0 Å². The molecule has 7 nitrogen and oxygen atoms in total. The Morgan fingerprint density at radius 2 is 2.00 bits per heavy atom. The summed E-state index contributed by atoms with van der Waals surface area (Å²) >= 11 is 0. The van der Waals surface area contributed by atoms with E-state index in [1.54, 1.807) is 0 Å². The number of aromatic nitrogens is 2. The number of carbonyl (C=O) groups is 1. The number of sulfone groups is 1. The third kappa shape index (κ3) is 4.42. The summed E-state index contributed by atoms with van der Waals surface area (Å²) in [6.45, 7) is 5.21. The molecule has 0 radical (unpaired) electrons. The predicted octanol–water partition coefficient (Wildman–Crippen LogP) is 1.50. The minimum absolute atomic E-state index is 0.102. The van der Waals surface area contributed by atoms with E-state index in [4.69, 9.17) is 0 Å². The molecule has 2 N–H and O–H groups in total. The molecule has 3 rings (SSSR count). The van der Waals surface area contributed by atoms with E-state index in [2.05, 4.69) is 29.1 Å². The molecule has 8 heteroatoms. The third-order valence-electron chi connectivity index (χ3n) is 5.04. The molecule has 0 aliphatic carbocycles. The average molecular weight is 378 g/mol. The molecule has 1 saturated heterocycles. The number of amides is 1. The Morgan fingerprint density at radius 3 is 2.65 bits per heavy atom. The highest BCUT2D eigenvalue weighted by atomic mass is 32.2. The lowest BCUT2D eigenvalue weighted by Crippen LogP contribution is -2.46. The van der Waals surface area contributed by atoms with Crippen molar-refractivity contribution in [2.75, 3.05) is 31.1 Å². The van der Waals surface area contributed by atoms with Crippen molar-refractivity contribution in [3.8, 4) is 0 Å². The van der Waals surface area contributed by atoms with Gasteiger partial charge in [-0.05, 0) is 18.1 Å². The van der Waals surface area contributed by atoms with Crippen molar-refractivity contribution in [1.29, 1.82) is 0 Å². The van der Waals surface area contributed by atoms with Gasteiger partial charge in [0, 0.05) is 13.1 Å². The first-order valence-electron chi connectivity index (χ1n) is 9.04. The highest BCUT2D eigenvalue weighted by Crippen LogP contribution is 2.24. The van der Waals surface area contributed by atoms with Crippen LogP contribution in [-0.2, 0) is 14.6 Å². The number of hydrogen-bond acceptors (Lipinski definition) is 5. The molecule has 1 amide bonds. The van der Waals surface area contributed by atoms with Crippen LogP contribution in [0.4, 0.5) is 0 Å². The molecule has 0 unspecified atom stereocenters. The van der Waals surface area contributed by atoms with Gasteiger partial charge in [-0.1, -0.05) is 32.4 Å². The zero-order valence-electron chi connectivity index (χ0n) is 15.2. The van der Waals surface area contributed by atoms with Gasteiger partial charge in [-0.2, -0.15) is 0 Å². The summed E-state index contributed by atoms with van der Waals surface area (Å²) in [6.07, 6.45) is 0.907. The third-order valence-corrected chi connectivity index (χ3v) is 6.65. The van der Waals surface area contributed by atoms with Gasteiger partial charge in [0.15, 0.2) is 9.84 Å². The summed E-state index contributed by atoms with van der Waals surface area (Å²) < 4.78 is 23.0. The number of fused-ring (bicyclic) bond motifs is 1. The fraction of sp³-hybridized carbons (Fsp3) is 0.556. The fourth-order valence-corrected chi connectivity index (χ4v) is 4.44. The summed E-state index contributed by atoms with van der Waals surface area (Å²) in [7, 11) is -2.94. The van der Waals surface area contributed by atoms with Crippen LogP contribution in [0, 0.1) is 5.92 Å². The monoisotopic (exact) mass is 378 g/mol. The second-order valence-corrected chi connectivity index (χ2v) is 9.30. The minimum atomic E-state index is -2.94. The van der Waals surface area contributed by atoms with Crippen molar-refractivity contribution < 1.29 is 13.2 Å². The maximum Gasteiger partial charge on any atom is 0.234 e. The van der Waals surface area contributed by atoms with Gasteiger partial charge in [0.2, 0.25) is 5.91 Å². The van der Waals surface area contributed by atoms with E-state index in [1.165, 1.54) is 0 Å². The Balaban J connectivity index is 1.69. The molecule has 0 spiro atoms. The van der Waals surface area contributed by atoms with Crippen LogP contribution >= 0.6 is 0 Å². The molecular formula is C18H26N4O3S. The predicted molar refractivity (Wildman–Crippen MR) is 102 cm³/mol. The minimum Gasteiger partial charge on any atom is -0.345 e. The molecule has 142 valence electrons. The Hall–Kier alpha value is -1.93. The topological polar surface area (TPSA) is 95.2 Å². The number of aromatic amines is 1. The number of nitrogens with zero attached hydrogens (tertiary/aromatic N) is 2. The van der Waals surface area contributed by atoms with E-state index in [-0.39, 0.29) is 35.9 Å². The van der Waals surface area contributed by atoms with Gasteiger partial charge >= 0.3 is 0 Å². The van der Waals surface area contributed by atoms with Crippen LogP contribution in [0.25, 0.3) is 11.0 Å². The highest BCUT2D eigenvalue weighted by molar-refractivity contribution is 7.91. The first-order chi connectivity index (χ1) is 12.4. The van der Waals surface area contributed by atoms with Crippen molar-refractivity contribution in [3.63, 3.8) is 0 Å². The Morgan fingerprint density at radius 1 is 1.31 bits per heavy atom. The summed E-state index contributed by atoms with van der Waals surface area (Å²) in [5.41, 5.74) is 1.83. The number of rotatable bonds is 6. The Bertz CT molecular complexity index is 830. The van der Waals surface area contributed by atoms with Gasteiger partial charge < -0.3 is 10.3 Å². The molecule has 1 aromatic heterocycles. The molecule has 0 bridgehead atoms. The molecule has 2 atom stereocenters. The highest BCUT2D eigenvalue weighted by Gasteiger charge is 2.26. The van der Waals surface area contributed by atoms with E-state index in [9.17, 15) is 13.2 Å². The van der Waals surface area contributed by atoms with Gasteiger partial charge in [-0.25, -0.2) is 13.4 Å². The van der Waals surface area contributed by atoms with Crippen LogP contribution in [0.15, 0.2) is 24.3 Å². The van der Waals surface area contributed by atoms with Crippen LogP contribution < -0.4 is 5.32 Å². The molecule has 2 aromatic rings. The number of carbonyl (C=O) groups excluding carboxylic acids is 1. The average Bonchev–Trinajstić information content (AvgIpc) is 3.04. The molecule has 0 saturated carbocycles. The van der Waals surface area contributed by atoms with Gasteiger partial charge in [0.05, 0.1) is 35.1 Å². The van der Waals surface area contributed by atoms with E-state index in [0.29, 0.717) is 13.1 Å². The lowest BCUT2D eigenvalue weighted by atomic mass is 9.98. The standard InChI is InChI=1S/C18H26N4O3S/c1-3-13(2)17(18-19-14-6-4-5-7-15(14)20-18)21-16(23)12-22-8-10-26(24,25)11-9-22/h4-7,13,17H,3,8-12H2,1-2H3,(H,19,20)(H,21,23)/t13-,17-/m0/s1. The van der Waals surface area contributed by atoms with Gasteiger partial charge in [-0.3, -0.25) is 9.69 Å². The van der Waals surface area contributed by atoms with Crippen LogP contribution in [0.5, 0.6) is 0 Å². The van der Waals surface area contributed by atoms with Crippen molar-refractivity contribution >= 4 is 26.8 Å². The van der Waals surface area contributed by atoms with Crippen molar-refractivity contribution in [2.45, 2.75) is 26.3 Å². The van der Waals surface area contributed by atoms with Crippen LogP contribution in [0.2, 0.25) is 0 Å². The lowest BCUT2D eigenvalue weighted by Gasteiger charge is -2.28. The number of imidazole rings is 1. The molecule has 1 aliphatic heterocycles. The molecule has 1 aliphatic rings. The number of H-pyrrole nitrogens is 1. The van der Waals surface area contributed by atoms with Crippen molar-refractivity contribution in [1.82, 2.24) is 20.2 Å². The molecule has 1 fully saturated rings. The number of nitrogens with one attached hydrogen (secondary N) is 2. The first-order valence-corrected chi connectivity index (χ1v) is 10.9. The Kier molecular flexibility index (Phi) is 5.62. The zero-order chi connectivity index (χ0) is 18.7. The fourth-order valence-electron chi connectivity index (χ4n) is 3.17. The number of hydrogen-bond donors (Lipinski definition) is 2. The molecule has 1 aromatic carbocycles. The number of benzene rings is 1. The van der Waals surface area contributed by atoms with E-state index < -0.39 is 9.84 Å². The summed E-state index contributed by atoms with van der Waals surface area (Å²) in [5, 5.41) is 3.09. The van der Waals surface area contributed by atoms with Crippen molar-refractivity contribution in [3.05, 3.63) is 30.1 Å². The lowest BCUT2D eigenvalue weighted by molar-refractivity contribution is -0.123. The SMILES string of the molecule is CC[C@H](C)[C@H](NC(=O)CN1CCS(=O)(=O)CC1)c1nc2ccccc2[nH]1. The molecule has 2 heterocycles. The quantitative estimate of drug-likeness (QED) is 0.794.